The molecular formula is C16H13N5O3S. The largest absolute Gasteiger partial charge is 0.360 e. The van der Waals surface area contributed by atoms with Gasteiger partial charge in [0.25, 0.3) is 10.0 Å². The molecule has 9 heteroatoms. The fraction of sp³-hybridized carbons (Fsp3) is 0.0625. The Morgan fingerprint density at radius 3 is 2.20 bits per heavy atom. The number of hydrogen-bond acceptors (Lipinski definition) is 5. The summed E-state index contributed by atoms with van der Waals surface area (Å²) in [6.45, 7) is 1.67. The van der Waals surface area contributed by atoms with E-state index in [0.29, 0.717) is 11.4 Å². The lowest BCUT2D eigenvalue weighted by Gasteiger charge is -2.07. The van der Waals surface area contributed by atoms with E-state index in [9.17, 15) is 8.42 Å². The lowest BCUT2D eigenvalue weighted by atomic mass is 10.1. The Bertz CT molecular complexity index is 1030. The van der Waals surface area contributed by atoms with Crippen LogP contribution in [0.3, 0.4) is 0 Å². The summed E-state index contributed by atoms with van der Waals surface area (Å²) in [6, 6.07) is 14.9. The van der Waals surface area contributed by atoms with Gasteiger partial charge in [0.15, 0.2) is 5.82 Å². The number of benzene rings is 2. The second-order valence-corrected chi connectivity index (χ2v) is 6.87. The Hall–Kier alpha value is -3.29. The molecular weight excluding hydrogens is 342 g/mol. The minimum absolute atomic E-state index is 0.114. The first-order valence-corrected chi connectivity index (χ1v) is 8.68. The van der Waals surface area contributed by atoms with Gasteiger partial charge in [0.05, 0.1) is 4.90 Å². The van der Waals surface area contributed by atoms with Gasteiger partial charge in [0.2, 0.25) is 0 Å². The molecule has 0 bridgehead atoms. The minimum atomic E-state index is -3.74. The molecule has 0 saturated carbocycles. The topological polar surface area (TPSA) is 121 Å². The lowest BCUT2D eigenvalue weighted by Crippen LogP contribution is -2.12. The lowest BCUT2D eigenvalue weighted by molar-refractivity contribution is 0.400. The van der Waals surface area contributed by atoms with E-state index < -0.39 is 10.0 Å². The Morgan fingerprint density at radius 1 is 1.08 bits per heavy atom. The Balaban J connectivity index is 1.82. The van der Waals surface area contributed by atoms with Crippen LogP contribution in [0.5, 0.6) is 0 Å². The number of anilines is 1. The molecule has 3 aromatic rings. The number of aryl methyl sites for hydroxylation is 1. The van der Waals surface area contributed by atoms with E-state index >= 15 is 0 Å². The molecule has 0 saturated heterocycles. The van der Waals surface area contributed by atoms with Gasteiger partial charge in [0.1, 0.15) is 5.76 Å². The van der Waals surface area contributed by atoms with Gasteiger partial charge in [-0.25, -0.2) is 8.42 Å². The quantitative estimate of drug-likeness (QED) is 0.414. The molecule has 126 valence electrons. The van der Waals surface area contributed by atoms with Crippen LogP contribution < -0.4 is 4.72 Å². The summed E-state index contributed by atoms with van der Waals surface area (Å²) in [7, 11) is -3.74. The van der Waals surface area contributed by atoms with Gasteiger partial charge < -0.3 is 4.52 Å². The number of nitrogens with one attached hydrogen (secondary N) is 1. The highest BCUT2D eigenvalue weighted by Gasteiger charge is 2.16. The molecule has 3 rings (SSSR count). The summed E-state index contributed by atoms with van der Waals surface area (Å²) >= 11 is 0. The van der Waals surface area contributed by atoms with Crippen molar-refractivity contribution in [3.05, 3.63) is 70.8 Å². The average Bonchev–Trinajstić information content (AvgIpc) is 3.00. The van der Waals surface area contributed by atoms with Crippen molar-refractivity contribution in [1.29, 1.82) is 0 Å². The normalized spacial score (nSPS) is 10.9. The van der Waals surface area contributed by atoms with Crippen LogP contribution in [-0.4, -0.2) is 13.6 Å². The number of sulfonamides is 1. The van der Waals surface area contributed by atoms with Gasteiger partial charge >= 0.3 is 0 Å². The maximum Gasteiger partial charge on any atom is 0.263 e. The zero-order valence-corrected chi connectivity index (χ0v) is 13.9. The predicted octanol–water partition coefficient (Wildman–Crippen LogP) is 4.39. The summed E-state index contributed by atoms with van der Waals surface area (Å²) < 4.78 is 31.9. The molecule has 0 atom stereocenters. The van der Waals surface area contributed by atoms with Gasteiger partial charge in [0, 0.05) is 16.7 Å². The van der Waals surface area contributed by atoms with E-state index in [-0.39, 0.29) is 10.7 Å². The fourth-order valence-corrected chi connectivity index (χ4v) is 3.19. The molecule has 0 unspecified atom stereocenters. The van der Waals surface area contributed by atoms with E-state index in [4.69, 9.17) is 10.1 Å². The highest BCUT2D eigenvalue weighted by Crippen LogP contribution is 2.25. The van der Waals surface area contributed by atoms with Crippen molar-refractivity contribution in [3.63, 3.8) is 0 Å². The number of aromatic nitrogens is 1. The number of rotatable bonds is 5. The van der Waals surface area contributed by atoms with E-state index in [1.807, 2.05) is 0 Å². The van der Waals surface area contributed by atoms with Gasteiger partial charge in [-0.2, -0.15) is 0 Å². The molecule has 1 aromatic heterocycles. The number of nitrogens with zero attached hydrogens (tertiary/aromatic N) is 4. The number of hydrogen-bond donors (Lipinski definition) is 1. The van der Waals surface area contributed by atoms with Crippen molar-refractivity contribution >= 4 is 21.5 Å². The maximum absolute atomic E-state index is 12.3. The van der Waals surface area contributed by atoms with Gasteiger partial charge in [-0.15, -0.1) is 0 Å². The average molecular weight is 355 g/mol. The molecule has 0 fully saturated rings. The number of azide groups is 1. The SMILES string of the molecule is Cc1cc(NS(=O)(=O)c2ccc(-c3ccc(N=[N+]=[N-])cc3)cc2)no1. The molecule has 0 spiro atoms. The van der Waals surface area contributed by atoms with Crippen LogP contribution in [0, 0.1) is 6.92 Å². The van der Waals surface area contributed by atoms with E-state index in [1.165, 1.54) is 18.2 Å². The van der Waals surface area contributed by atoms with Crippen molar-refractivity contribution in [1.82, 2.24) is 5.16 Å². The first-order valence-electron chi connectivity index (χ1n) is 7.20. The monoisotopic (exact) mass is 355 g/mol. The highest BCUT2D eigenvalue weighted by atomic mass is 32.2. The summed E-state index contributed by atoms with van der Waals surface area (Å²) in [6.07, 6.45) is 0. The van der Waals surface area contributed by atoms with Crippen molar-refractivity contribution in [3.8, 4) is 11.1 Å². The van der Waals surface area contributed by atoms with E-state index in [1.54, 1.807) is 43.3 Å². The molecule has 25 heavy (non-hydrogen) atoms. The minimum Gasteiger partial charge on any atom is -0.360 e. The Kier molecular flexibility index (Phi) is 4.42. The Morgan fingerprint density at radius 2 is 1.68 bits per heavy atom. The third-order valence-electron chi connectivity index (χ3n) is 3.39. The van der Waals surface area contributed by atoms with Crippen LogP contribution in [0.15, 0.2) is 69.1 Å². The predicted molar refractivity (Wildman–Crippen MR) is 92.7 cm³/mol. The first kappa shape index (κ1) is 16.6. The van der Waals surface area contributed by atoms with Crippen LogP contribution >= 0.6 is 0 Å². The standard InChI is InChI=1S/C16H13N5O3S/c1-11-10-16(19-24-11)20-25(22,23)15-8-4-13(5-9-15)12-2-6-14(7-3-12)18-21-17/h2-10H,1H3,(H,19,20). The zero-order valence-electron chi connectivity index (χ0n) is 13.1. The smallest absolute Gasteiger partial charge is 0.263 e. The van der Waals surface area contributed by atoms with Crippen molar-refractivity contribution in [2.45, 2.75) is 11.8 Å². The van der Waals surface area contributed by atoms with E-state index in [2.05, 4.69) is 19.9 Å². The fourth-order valence-electron chi connectivity index (χ4n) is 2.21. The Labute approximate surface area is 143 Å². The molecule has 0 aliphatic rings. The van der Waals surface area contributed by atoms with Crippen LogP contribution in [0.1, 0.15) is 5.76 Å². The van der Waals surface area contributed by atoms with Crippen LogP contribution in [0.4, 0.5) is 11.5 Å². The zero-order chi connectivity index (χ0) is 17.9. The molecule has 1 N–H and O–H groups in total. The molecule has 0 aliphatic heterocycles. The first-order chi connectivity index (χ1) is 12.0. The third kappa shape index (κ3) is 3.79. The summed E-state index contributed by atoms with van der Waals surface area (Å²) in [5.74, 6) is 0.646. The third-order valence-corrected chi connectivity index (χ3v) is 4.76. The summed E-state index contributed by atoms with van der Waals surface area (Å²) in [5.41, 5.74) is 10.6. The second kappa shape index (κ2) is 6.68. The van der Waals surface area contributed by atoms with Crippen LogP contribution in [0.2, 0.25) is 0 Å². The van der Waals surface area contributed by atoms with Gasteiger partial charge in [-0.3, -0.25) is 4.72 Å². The molecule has 1 heterocycles. The molecule has 0 radical (unpaired) electrons. The van der Waals surface area contributed by atoms with E-state index in [0.717, 1.165) is 11.1 Å². The van der Waals surface area contributed by atoms with Gasteiger partial charge in [-0.1, -0.05) is 46.7 Å². The summed E-state index contributed by atoms with van der Waals surface area (Å²) in [5, 5.41) is 7.12. The second-order valence-electron chi connectivity index (χ2n) is 5.19. The molecule has 2 aromatic carbocycles. The van der Waals surface area contributed by atoms with Crippen LogP contribution in [-0.2, 0) is 10.0 Å². The van der Waals surface area contributed by atoms with Crippen molar-refractivity contribution < 1.29 is 12.9 Å². The maximum atomic E-state index is 12.3. The molecule has 0 aliphatic carbocycles. The highest BCUT2D eigenvalue weighted by molar-refractivity contribution is 7.92. The van der Waals surface area contributed by atoms with Crippen molar-refractivity contribution in [2.75, 3.05) is 4.72 Å². The summed E-state index contributed by atoms with van der Waals surface area (Å²) in [4.78, 5) is 2.84. The molecule has 8 nitrogen and oxygen atoms in total. The van der Waals surface area contributed by atoms with Gasteiger partial charge in [-0.05, 0) is 35.7 Å². The van der Waals surface area contributed by atoms with Crippen molar-refractivity contribution in [2.24, 2.45) is 5.11 Å². The molecule has 0 amide bonds. The van der Waals surface area contributed by atoms with Crippen LogP contribution in [0.25, 0.3) is 21.6 Å².